The average Bonchev–Trinajstić information content (AvgIpc) is 2.40. The summed E-state index contributed by atoms with van der Waals surface area (Å²) in [4.78, 5) is 0. The summed E-state index contributed by atoms with van der Waals surface area (Å²) >= 11 is 0. The summed E-state index contributed by atoms with van der Waals surface area (Å²) in [6, 6.07) is 20.6. The Morgan fingerprint density at radius 2 is 0.941 bits per heavy atom. The molecule has 2 rings (SSSR count). The zero-order chi connectivity index (χ0) is 12.3. The minimum Gasteiger partial charge on any atom is -0.430 e. The molecule has 2 aromatic rings. The molecular formula is C14H15BO2. The normalized spacial score (nSPS) is 9.53. The highest BCUT2D eigenvalue weighted by Gasteiger charge is 1.84. The predicted octanol–water partition coefficient (Wildman–Crippen LogP) is 2.09. The largest absolute Gasteiger partial charge is 0.432 e. The van der Waals surface area contributed by atoms with E-state index in [1.807, 2.05) is 36.4 Å². The van der Waals surface area contributed by atoms with Crippen LogP contribution in [0.15, 0.2) is 60.7 Å². The van der Waals surface area contributed by atoms with E-state index < -0.39 is 7.69 Å². The highest BCUT2D eigenvalue weighted by molar-refractivity contribution is 6.13. The third-order valence-electron chi connectivity index (χ3n) is 2.07. The SMILES string of the molecule is C(=C\c1ccccc1)/c1ccccc1.OBO. The topological polar surface area (TPSA) is 40.5 Å². The number of hydrogen-bond acceptors (Lipinski definition) is 2. The molecule has 0 aromatic heterocycles. The van der Waals surface area contributed by atoms with Crippen molar-refractivity contribution < 1.29 is 10.0 Å². The summed E-state index contributed by atoms with van der Waals surface area (Å²) < 4.78 is 0. The second kappa shape index (κ2) is 8.33. The van der Waals surface area contributed by atoms with E-state index >= 15 is 0 Å². The third-order valence-corrected chi connectivity index (χ3v) is 2.07. The summed E-state index contributed by atoms with van der Waals surface area (Å²) in [7, 11) is -0.750. The fourth-order valence-corrected chi connectivity index (χ4v) is 1.32. The van der Waals surface area contributed by atoms with Crippen LogP contribution < -0.4 is 0 Å². The molecule has 0 aliphatic carbocycles. The Morgan fingerprint density at radius 1 is 0.647 bits per heavy atom. The number of benzene rings is 2. The highest BCUT2D eigenvalue weighted by Crippen LogP contribution is 2.06. The smallest absolute Gasteiger partial charge is 0.430 e. The molecule has 2 N–H and O–H groups in total. The Labute approximate surface area is 102 Å². The van der Waals surface area contributed by atoms with Crippen molar-refractivity contribution in [2.24, 2.45) is 0 Å². The summed E-state index contributed by atoms with van der Waals surface area (Å²) in [5, 5.41) is 14.2. The quantitative estimate of drug-likeness (QED) is 0.608. The van der Waals surface area contributed by atoms with Crippen LogP contribution in [0.5, 0.6) is 0 Å². The van der Waals surface area contributed by atoms with Crippen molar-refractivity contribution in [3.8, 4) is 0 Å². The second-order valence-electron chi connectivity index (χ2n) is 3.30. The van der Waals surface area contributed by atoms with Crippen molar-refractivity contribution in [1.82, 2.24) is 0 Å². The van der Waals surface area contributed by atoms with Gasteiger partial charge in [0, 0.05) is 0 Å². The van der Waals surface area contributed by atoms with Gasteiger partial charge < -0.3 is 10.0 Å². The van der Waals surface area contributed by atoms with Gasteiger partial charge in [0.2, 0.25) is 0 Å². The van der Waals surface area contributed by atoms with Gasteiger partial charge in [-0.15, -0.1) is 0 Å². The van der Waals surface area contributed by atoms with Crippen LogP contribution in [0, 0.1) is 0 Å². The Balaban J connectivity index is 0.000000437. The minimum atomic E-state index is -0.750. The van der Waals surface area contributed by atoms with Crippen molar-refractivity contribution in [2.75, 3.05) is 0 Å². The molecule has 2 aromatic carbocycles. The molecule has 2 nitrogen and oxygen atoms in total. The van der Waals surface area contributed by atoms with Crippen LogP contribution in [0.25, 0.3) is 12.2 Å². The van der Waals surface area contributed by atoms with E-state index in [9.17, 15) is 0 Å². The van der Waals surface area contributed by atoms with Crippen molar-refractivity contribution in [3.63, 3.8) is 0 Å². The van der Waals surface area contributed by atoms with Gasteiger partial charge in [-0.2, -0.15) is 0 Å². The van der Waals surface area contributed by atoms with E-state index in [0.717, 1.165) is 0 Å². The molecule has 0 unspecified atom stereocenters. The maximum absolute atomic E-state index is 7.12. The zero-order valence-corrected chi connectivity index (χ0v) is 9.53. The van der Waals surface area contributed by atoms with Gasteiger partial charge in [0.25, 0.3) is 0 Å². The van der Waals surface area contributed by atoms with Crippen LogP contribution in [0.3, 0.4) is 0 Å². The summed E-state index contributed by atoms with van der Waals surface area (Å²) in [6.45, 7) is 0. The van der Waals surface area contributed by atoms with Crippen LogP contribution >= 0.6 is 0 Å². The lowest BCUT2D eigenvalue weighted by atomic mass is 10.1. The minimum absolute atomic E-state index is 0.750. The fraction of sp³-hybridized carbons (Fsp3) is 0. The Bertz CT molecular complexity index is 385. The average molecular weight is 226 g/mol. The maximum Gasteiger partial charge on any atom is 0.432 e. The molecule has 0 spiro atoms. The Hall–Kier alpha value is -1.84. The molecule has 0 atom stereocenters. The Kier molecular flexibility index (Phi) is 6.48. The first-order chi connectivity index (χ1) is 8.36. The number of hydrogen-bond donors (Lipinski definition) is 2. The molecule has 86 valence electrons. The van der Waals surface area contributed by atoms with E-state index in [0.29, 0.717) is 0 Å². The van der Waals surface area contributed by atoms with E-state index in [1.54, 1.807) is 0 Å². The highest BCUT2D eigenvalue weighted by atomic mass is 16.4. The van der Waals surface area contributed by atoms with Crippen LogP contribution in [0.1, 0.15) is 11.1 Å². The molecular weight excluding hydrogens is 211 g/mol. The zero-order valence-electron chi connectivity index (χ0n) is 9.53. The van der Waals surface area contributed by atoms with Gasteiger partial charge >= 0.3 is 7.69 Å². The van der Waals surface area contributed by atoms with Gasteiger partial charge in [0.15, 0.2) is 0 Å². The van der Waals surface area contributed by atoms with Gasteiger partial charge in [-0.3, -0.25) is 0 Å². The molecule has 0 heterocycles. The lowest BCUT2D eigenvalue weighted by Gasteiger charge is -1.92. The van der Waals surface area contributed by atoms with Crippen LogP contribution in [0.4, 0.5) is 0 Å². The molecule has 3 heteroatoms. The lowest BCUT2D eigenvalue weighted by Crippen LogP contribution is -1.75. The second-order valence-corrected chi connectivity index (χ2v) is 3.30. The number of rotatable bonds is 2. The maximum atomic E-state index is 7.12. The molecule has 0 saturated heterocycles. The molecule has 17 heavy (non-hydrogen) atoms. The summed E-state index contributed by atoms with van der Waals surface area (Å²) in [5.74, 6) is 0. The van der Waals surface area contributed by atoms with Gasteiger partial charge in [0.1, 0.15) is 0 Å². The molecule has 0 saturated carbocycles. The first-order valence-electron chi connectivity index (χ1n) is 5.36. The molecule has 0 radical (unpaired) electrons. The van der Waals surface area contributed by atoms with Gasteiger partial charge in [-0.05, 0) is 11.1 Å². The predicted molar refractivity (Wildman–Crippen MR) is 73.4 cm³/mol. The first-order valence-corrected chi connectivity index (χ1v) is 5.36. The summed E-state index contributed by atoms with van der Waals surface area (Å²) in [5.41, 5.74) is 2.47. The molecule has 0 bridgehead atoms. The fourth-order valence-electron chi connectivity index (χ4n) is 1.32. The Morgan fingerprint density at radius 3 is 1.24 bits per heavy atom. The van der Waals surface area contributed by atoms with Crippen molar-refractivity contribution in [1.29, 1.82) is 0 Å². The monoisotopic (exact) mass is 226 g/mol. The van der Waals surface area contributed by atoms with Crippen LogP contribution in [-0.4, -0.2) is 17.7 Å². The van der Waals surface area contributed by atoms with Gasteiger partial charge in [0.05, 0.1) is 0 Å². The van der Waals surface area contributed by atoms with E-state index in [1.165, 1.54) is 11.1 Å². The summed E-state index contributed by atoms with van der Waals surface area (Å²) in [6.07, 6.45) is 4.24. The van der Waals surface area contributed by atoms with Crippen molar-refractivity contribution in [3.05, 3.63) is 71.8 Å². The van der Waals surface area contributed by atoms with Crippen molar-refractivity contribution >= 4 is 19.8 Å². The lowest BCUT2D eigenvalue weighted by molar-refractivity contribution is 0.448. The first kappa shape index (κ1) is 13.2. The van der Waals surface area contributed by atoms with Gasteiger partial charge in [-0.1, -0.05) is 72.8 Å². The van der Waals surface area contributed by atoms with Crippen LogP contribution in [0.2, 0.25) is 0 Å². The van der Waals surface area contributed by atoms with Crippen LogP contribution in [-0.2, 0) is 0 Å². The molecule has 0 aliphatic heterocycles. The van der Waals surface area contributed by atoms with E-state index in [-0.39, 0.29) is 0 Å². The molecule has 0 aliphatic rings. The third kappa shape index (κ3) is 5.71. The molecule has 0 fully saturated rings. The standard InChI is InChI=1S/C14H12.BH3O2/c1-3-7-13(8-4-1)11-12-14-9-5-2-6-10-14;2-1-3/h1-12H;1-3H/b12-11+;. The van der Waals surface area contributed by atoms with Crippen molar-refractivity contribution in [2.45, 2.75) is 0 Å². The van der Waals surface area contributed by atoms with E-state index in [4.69, 9.17) is 10.0 Å². The van der Waals surface area contributed by atoms with Gasteiger partial charge in [-0.25, -0.2) is 0 Å². The molecule has 0 amide bonds. The van der Waals surface area contributed by atoms with E-state index in [2.05, 4.69) is 36.4 Å².